The predicted octanol–water partition coefficient (Wildman–Crippen LogP) is 1.71. The van der Waals surface area contributed by atoms with Crippen LogP contribution >= 0.6 is 0 Å². The van der Waals surface area contributed by atoms with Gasteiger partial charge in [0, 0.05) is 0 Å². The van der Waals surface area contributed by atoms with Gasteiger partial charge in [0.2, 0.25) is 5.91 Å². The Morgan fingerprint density at radius 3 is 2.47 bits per heavy atom. The van der Waals surface area contributed by atoms with Crippen LogP contribution in [-0.2, 0) is 16.1 Å². The number of carbonyl (C=O) groups is 1. The average Bonchev–Trinajstić information content (AvgIpc) is 2.19. The highest BCUT2D eigenvalue weighted by Gasteiger charge is 2.24. The number of amides is 1. The van der Waals surface area contributed by atoms with Gasteiger partial charge in [0.1, 0.15) is 0 Å². The van der Waals surface area contributed by atoms with E-state index in [-0.39, 0.29) is 5.91 Å². The summed E-state index contributed by atoms with van der Waals surface area (Å²) >= 11 is 0. The summed E-state index contributed by atoms with van der Waals surface area (Å²) in [6.07, 6.45) is 0. The van der Waals surface area contributed by atoms with Gasteiger partial charge in [0.25, 0.3) is 0 Å². The van der Waals surface area contributed by atoms with Crippen molar-refractivity contribution in [2.45, 2.75) is 20.5 Å². The van der Waals surface area contributed by atoms with Crippen molar-refractivity contribution in [3.63, 3.8) is 0 Å². The summed E-state index contributed by atoms with van der Waals surface area (Å²) in [7, 11) is 0. The van der Waals surface area contributed by atoms with Crippen molar-refractivity contribution in [1.82, 2.24) is 0 Å². The van der Waals surface area contributed by atoms with E-state index < -0.39 is 5.41 Å². The van der Waals surface area contributed by atoms with E-state index in [9.17, 15) is 4.79 Å². The Bertz CT molecular complexity index is 320. The standard InChI is InChI=1S/C12H17NO2/c1-12(2,11(13)14)9-15-8-10-6-4-3-5-7-10/h3-7H,8-9H2,1-2H3,(H2,13,14). The number of carbonyl (C=O) groups excluding carboxylic acids is 1. The number of rotatable bonds is 5. The van der Waals surface area contributed by atoms with E-state index in [2.05, 4.69) is 0 Å². The molecule has 1 amide bonds. The fourth-order valence-corrected chi connectivity index (χ4v) is 1.07. The molecule has 0 atom stereocenters. The molecule has 0 spiro atoms. The topological polar surface area (TPSA) is 52.3 Å². The summed E-state index contributed by atoms with van der Waals surface area (Å²) in [5.41, 5.74) is 5.72. The van der Waals surface area contributed by atoms with Crippen LogP contribution in [0.2, 0.25) is 0 Å². The van der Waals surface area contributed by atoms with E-state index >= 15 is 0 Å². The van der Waals surface area contributed by atoms with Gasteiger partial charge in [0.15, 0.2) is 0 Å². The van der Waals surface area contributed by atoms with Crippen LogP contribution in [0, 0.1) is 5.41 Å². The first-order chi connectivity index (χ1) is 7.02. The minimum absolute atomic E-state index is 0.337. The molecule has 0 saturated heterocycles. The van der Waals surface area contributed by atoms with E-state index in [1.165, 1.54) is 0 Å². The molecule has 3 nitrogen and oxygen atoms in total. The molecule has 1 aromatic carbocycles. The maximum absolute atomic E-state index is 11.0. The SMILES string of the molecule is CC(C)(COCc1ccccc1)C(N)=O. The number of benzene rings is 1. The molecule has 0 aliphatic heterocycles. The number of hydrogen-bond acceptors (Lipinski definition) is 2. The second kappa shape index (κ2) is 4.94. The quantitative estimate of drug-likeness (QED) is 0.799. The highest BCUT2D eigenvalue weighted by molar-refractivity contribution is 5.80. The minimum atomic E-state index is -0.602. The van der Waals surface area contributed by atoms with Crippen molar-refractivity contribution >= 4 is 5.91 Å². The van der Waals surface area contributed by atoms with Gasteiger partial charge in [-0.3, -0.25) is 4.79 Å². The Hall–Kier alpha value is -1.35. The average molecular weight is 207 g/mol. The molecule has 1 aromatic rings. The van der Waals surface area contributed by atoms with Crippen LogP contribution in [-0.4, -0.2) is 12.5 Å². The van der Waals surface area contributed by atoms with Gasteiger partial charge in [-0.1, -0.05) is 30.3 Å². The fourth-order valence-electron chi connectivity index (χ4n) is 1.07. The van der Waals surface area contributed by atoms with Gasteiger partial charge in [-0.05, 0) is 19.4 Å². The normalized spacial score (nSPS) is 11.3. The Labute approximate surface area is 90.2 Å². The second-order valence-corrected chi connectivity index (χ2v) is 4.23. The van der Waals surface area contributed by atoms with E-state index in [1.807, 2.05) is 30.3 Å². The highest BCUT2D eigenvalue weighted by Crippen LogP contribution is 2.15. The van der Waals surface area contributed by atoms with E-state index in [0.717, 1.165) is 5.56 Å². The van der Waals surface area contributed by atoms with Crippen LogP contribution in [0.5, 0.6) is 0 Å². The molecule has 0 aromatic heterocycles. The molecule has 0 radical (unpaired) electrons. The molecule has 0 fully saturated rings. The third-order valence-corrected chi connectivity index (χ3v) is 2.24. The van der Waals surface area contributed by atoms with Gasteiger partial charge in [0.05, 0.1) is 18.6 Å². The van der Waals surface area contributed by atoms with Crippen molar-refractivity contribution in [1.29, 1.82) is 0 Å². The zero-order chi connectivity index (χ0) is 11.3. The first-order valence-corrected chi connectivity index (χ1v) is 4.94. The summed E-state index contributed by atoms with van der Waals surface area (Å²) in [6, 6.07) is 9.83. The Balaban J connectivity index is 2.37. The van der Waals surface area contributed by atoms with Crippen molar-refractivity contribution in [3.05, 3.63) is 35.9 Å². The number of primary amides is 1. The second-order valence-electron chi connectivity index (χ2n) is 4.23. The van der Waals surface area contributed by atoms with Crippen LogP contribution in [0.1, 0.15) is 19.4 Å². The molecule has 15 heavy (non-hydrogen) atoms. The fraction of sp³-hybridized carbons (Fsp3) is 0.417. The Morgan fingerprint density at radius 2 is 1.93 bits per heavy atom. The maximum Gasteiger partial charge on any atom is 0.225 e. The van der Waals surface area contributed by atoms with Crippen LogP contribution in [0.25, 0.3) is 0 Å². The molecular weight excluding hydrogens is 190 g/mol. The van der Waals surface area contributed by atoms with E-state index in [4.69, 9.17) is 10.5 Å². The monoisotopic (exact) mass is 207 g/mol. The summed E-state index contributed by atoms with van der Waals surface area (Å²) < 4.78 is 5.44. The molecule has 0 aliphatic carbocycles. The lowest BCUT2D eigenvalue weighted by atomic mass is 9.94. The summed E-state index contributed by atoms with van der Waals surface area (Å²) in [6.45, 7) is 4.41. The molecule has 1 rings (SSSR count). The van der Waals surface area contributed by atoms with Gasteiger partial charge < -0.3 is 10.5 Å². The third kappa shape index (κ3) is 3.72. The summed E-state index contributed by atoms with van der Waals surface area (Å²) in [5, 5.41) is 0. The highest BCUT2D eigenvalue weighted by atomic mass is 16.5. The first kappa shape index (κ1) is 11.7. The smallest absolute Gasteiger partial charge is 0.225 e. The van der Waals surface area contributed by atoms with E-state index in [0.29, 0.717) is 13.2 Å². The minimum Gasteiger partial charge on any atom is -0.376 e. The molecule has 0 heterocycles. The van der Waals surface area contributed by atoms with Gasteiger partial charge >= 0.3 is 0 Å². The Morgan fingerprint density at radius 1 is 1.33 bits per heavy atom. The van der Waals surface area contributed by atoms with Crippen LogP contribution in [0.4, 0.5) is 0 Å². The van der Waals surface area contributed by atoms with E-state index in [1.54, 1.807) is 13.8 Å². The molecule has 2 N–H and O–H groups in total. The van der Waals surface area contributed by atoms with Crippen molar-refractivity contribution in [3.8, 4) is 0 Å². The molecule has 0 saturated carbocycles. The Kier molecular flexibility index (Phi) is 3.86. The number of hydrogen-bond donors (Lipinski definition) is 1. The zero-order valence-electron chi connectivity index (χ0n) is 9.19. The van der Waals surface area contributed by atoms with Gasteiger partial charge in [-0.25, -0.2) is 0 Å². The van der Waals surface area contributed by atoms with Crippen molar-refractivity contribution in [2.75, 3.05) is 6.61 Å². The van der Waals surface area contributed by atoms with Crippen molar-refractivity contribution in [2.24, 2.45) is 11.1 Å². The largest absolute Gasteiger partial charge is 0.376 e. The zero-order valence-corrected chi connectivity index (χ0v) is 9.19. The molecule has 0 bridgehead atoms. The summed E-state index contributed by atoms with van der Waals surface area (Å²) in [4.78, 5) is 11.0. The maximum atomic E-state index is 11.0. The van der Waals surface area contributed by atoms with Gasteiger partial charge in [-0.2, -0.15) is 0 Å². The number of nitrogens with two attached hydrogens (primary N) is 1. The van der Waals surface area contributed by atoms with Crippen molar-refractivity contribution < 1.29 is 9.53 Å². The van der Waals surface area contributed by atoms with Crippen LogP contribution in [0.15, 0.2) is 30.3 Å². The van der Waals surface area contributed by atoms with Crippen LogP contribution in [0.3, 0.4) is 0 Å². The molecule has 0 aliphatic rings. The van der Waals surface area contributed by atoms with Gasteiger partial charge in [-0.15, -0.1) is 0 Å². The lowest BCUT2D eigenvalue weighted by Gasteiger charge is -2.19. The third-order valence-electron chi connectivity index (χ3n) is 2.24. The van der Waals surface area contributed by atoms with Crippen LogP contribution < -0.4 is 5.73 Å². The predicted molar refractivity (Wildman–Crippen MR) is 59.1 cm³/mol. The lowest BCUT2D eigenvalue weighted by molar-refractivity contribution is -0.129. The number of ether oxygens (including phenoxy) is 1. The molecule has 0 unspecified atom stereocenters. The first-order valence-electron chi connectivity index (χ1n) is 4.94. The molecular formula is C12H17NO2. The molecule has 82 valence electrons. The lowest BCUT2D eigenvalue weighted by Crippen LogP contribution is -2.35. The summed E-state index contributed by atoms with van der Waals surface area (Å²) in [5.74, 6) is -0.337. The molecule has 3 heteroatoms.